The van der Waals surface area contributed by atoms with E-state index in [0.29, 0.717) is 24.6 Å². The molecule has 0 bridgehead atoms. The standard InChI is InChI=1S/C20H22N2O3/c1-21-11-16(9-10-19(21)23)20(24)22-12-17(14-5-3-2-4-6-14)25-18(13-22)15-7-8-15/h2-6,9-11,15,17-18H,7-8,12-13H2,1H3/t17-,18+/m0/s1. The molecule has 2 fully saturated rings. The minimum absolute atomic E-state index is 0.0366. The molecule has 5 nitrogen and oxygen atoms in total. The number of nitrogens with zero attached hydrogens (tertiary/aromatic N) is 2. The molecule has 4 rings (SSSR count). The molecule has 1 saturated carbocycles. The number of aryl methyl sites for hydroxylation is 1. The van der Waals surface area contributed by atoms with Gasteiger partial charge in [-0.2, -0.15) is 0 Å². The summed E-state index contributed by atoms with van der Waals surface area (Å²) in [7, 11) is 1.66. The fraction of sp³-hybridized carbons (Fsp3) is 0.400. The third-order valence-corrected chi connectivity index (χ3v) is 5.06. The van der Waals surface area contributed by atoms with Crippen LogP contribution in [-0.4, -0.2) is 34.6 Å². The molecule has 1 aromatic heterocycles. The first-order valence-electron chi connectivity index (χ1n) is 8.78. The average molecular weight is 338 g/mol. The van der Waals surface area contributed by atoms with Crippen LogP contribution >= 0.6 is 0 Å². The van der Waals surface area contributed by atoms with E-state index in [0.717, 1.165) is 5.56 Å². The van der Waals surface area contributed by atoms with E-state index in [-0.39, 0.29) is 23.7 Å². The number of ether oxygens (including phenoxy) is 1. The Morgan fingerprint density at radius 3 is 2.52 bits per heavy atom. The van der Waals surface area contributed by atoms with Gasteiger partial charge in [0.25, 0.3) is 5.91 Å². The summed E-state index contributed by atoms with van der Waals surface area (Å²) in [5.41, 5.74) is 1.54. The van der Waals surface area contributed by atoms with Crippen molar-refractivity contribution in [2.45, 2.75) is 25.0 Å². The van der Waals surface area contributed by atoms with Gasteiger partial charge in [0.05, 0.1) is 18.2 Å². The van der Waals surface area contributed by atoms with E-state index < -0.39 is 0 Å². The van der Waals surface area contributed by atoms with E-state index in [1.807, 2.05) is 23.1 Å². The molecule has 1 saturated heterocycles. The van der Waals surface area contributed by atoms with Crippen molar-refractivity contribution in [3.05, 3.63) is 70.1 Å². The van der Waals surface area contributed by atoms with Gasteiger partial charge < -0.3 is 14.2 Å². The Bertz CT molecular complexity index is 826. The van der Waals surface area contributed by atoms with Crippen LogP contribution in [-0.2, 0) is 11.8 Å². The summed E-state index contributed by atoms with van der Waals surface area (Å²) in [4.78, 5) is 26.4. The maximum atomic E-state index is 13.0. The van der Waals surface area contributed by atoms with Crippen molar-refractivity contribution in [2.75, 3.05) is 13.1 Å². The second kappa shape index (κ2) is 6.48. The lowest BCUT2D eigenvalue weighted by Gasteiger charge is -2.38. The Morgan fingerprint density at radius 1 is 1.08 bits per heavy atom. The molecule has 2 aliphatic rings. The van der Waals surface area contributed by atoms with Gasteiger partial charge in [-0.1, -0.05) is 30.3 Å². The summed E-state index contributed by atoms with van der Waals surface area (Å²) >= 11 is 0. The molecule has 0 N–H and O–H groups in total. The van der Waals surface area contributed by atoms with Crippen LogP contribution < -0.4 is 5.56 Å². The molecule has 1 amide bonds. The fourth-order valence-electron chi connectivity index (χ4n) is 3.44. The van der Waals surface area contributed by atoms with Gasteiger partial charge in [-0.25, -0.2) is 0 Å². The lowest BCUT2D eigenvalue weighted by atomic mass is 10.0. The molecule has 5 heteroatoms. The molecular formula is C20H22N2O3. The summed E-state index contributed by atoms with van der Waals surface area (Å²) in [5.74, 6) is 0.521. The van der Waals surface area contributed by atoms with Crippen LogP contribution in [0.3, 0.4) is 0 Å². The number of carbonyl (C=O) groups excluding carboxylic acids is 1. The number of carbonyl (C=O) groups is 1. The average Bonchev–Trinajstić information content (AvgIpc) is 3.49. The van der Waals surface area contributed by atoms with E-state index in [1.54, 1.807) is 19.3 Å². The van der Waals surface area contributed by atoms with Gasteiger partial charge >= 0.3 is 0 Å². The van der Waals surface area contributed by atoms with E-state index in [2.05, 4.69) is 12.1 Å². The highest BCUT2D eigenvalue weighted by Crippen LogP contribution is 2.39. The number of rotatable bonds is 3. The van der Waals surface area contributed by atoms with Crippen molar-refractivity contribution in [1.82, 2.24) is 9.47 Å². The van der Waals surface area contributed by atoms with Crippen LogP contribution in [0.25, 0.3) is 0 Å². The third kappa shape index (κ3) is 3.37. The fourth-order valence-corrected chi connectivity index (χ4v) is 3.44. The van der Waals surface area contributed by atoms with Gasteiger partial charge in [-0.05, 0) is 30.4 Å². The van der Waals surface area contributed by atoms with Crippen LogP contribution in [0.5, 0.6) is 0 Å². The van der Waals surface area contributed by atoms with Crippen molar-refractivity contribution in [1.29, 1.82) is 0 Å². The first-order valence-corrected chi connectivity index (χ1v) is 8.78. The lowest BCUT2D eigenvalue weighted by Crippen LogP contribution is -2.47. The van der Waals surface area contributed by atoms with Crippen LogP contribution in [0.15, 0.2) is 53.5 Å². The van der Waals surface area contributed by atoms with Gasteiger partial charge in [0, 0.05) is 25.9 Å². The highest BCUT2D eigenvalue weighted by atomic mass is 16.5. The summed E-state index contributed by atoms with van der Waals surface area (Å²) in [6.07, 6.45) is 3.96. The summed E-state index contributed by atoms with van der Waals surface area (Å²) in [6, 6.07) is 13.1. The number of aromatic nitrogens is 1. The van der Waals surface area contributed by atoms with E-state index >= 15 is 0 Å². The Kier molecular flexibility index (Phi) is 4.17. The van der Waals surface area contributed by atoms with Crippen molar-refractivity contribution in [3.63, 3.8) is 0 Å². The van der Waals surface area contributed by atoms with Crippen LogP contribution in [0.2, 0.25) is 0 Å². The van der Waals surface area contributed by atoms with Crippen molar-refractivity contribution in [3.8, 4) is 0 Å². The van der Waals surface area contributed by atoms with Gasteiger partial charge in [0.15, 0.2) is 0 Å². The number of pyridine rings is 1. The molecule has 2 atom stereocenters. The third-order valence-electron chi connectivity index (χ3n) is 5.06. The Labute approximate surface area is 146 Å². The molecule has 2 aromatic rings. The maximum Gasteiger partial charge on any atom is 0.255 e. The quantitative estimate of drug-likeness (QED) is 0.863. The maximum absolute atomic E-state index is 13.0. The number of morpholine rings is 1. The van der Waals surface area contributed by atoms with Gasteiger partial charge in [-0.15, -0.1) is 0 Å². The molecule has 1 aliphatic heterocycles. The number of hydrogen-bond donors (Lipinski definition) is 0. The highest BCUT2D eigenvalue weighted by Gasteiger charge is 2.40. The SMILES string of the molecule is Cn1cc(C(=O)N2C[C@@H](c3ccccc3)O[C@@H](C3CC3)C2)ccc1=O. The van der Waals surface area contributed by atoms with Crippen molar-refractivity contribution < 1.29 is 9.53 Å². The first kappa shape index (κ1) is 16.1. The second-order valence-electron chi connectivity index (χ2n) is 6.99. The zero-order valence-corrected chi connectivity index (χ0v) is 14.3. The molecule has 2 heterocycles. The molecular weight excluding hydrogens is 316 g/mol. The Morgan fingerprint density at radius 2 is 1.84 bits per heavy atom. The van der Waals surface area contributed by atoms with Crippen molar-refractivity contribution in [2.24, 2.45) is 13.0 Å². The number of benzene rings is 1. The van der Waals surface area contributed by atoms with E-state index in [1.165, 1.54) is 23.5 Å². The largest absolute Gasteiger partial charge is 0.366 e. The molecule has 0 unspecified atom stereocenters. The summed E-state index contributed by atoms with van der Waals surface area (Å²) < 4.78 is 7.75. The van der Waals surface area contributed by atoms with Crippen LogP contribution in [0.1, 0.15) is 34.9 Å². The summed E-state index contributed by atoms with van der Waals surface area (Å²) in [5, 5.41) is 0. The predicted octanol–water partition coefficient (Wildman–Crippen LogP) is 2.38. The lowest BCUT2D eigenvalue weighted by molar-refractivity contribution is -0.0864. The monoisotopic (exact) mass is 338 g/mol. The van der Waals surface area contributed by atoms with Gasteiger partial charge in [0.2, 0.25) is 5.56 Å². The van der Waals surface area contributed by atoms with E-state index in [9.17, 15) is 9.59 Å². The van der Waals surface area contributed by atoms with Gasteiger partial charge in [0.1, 0.15) is 6.10 Å². The topological polar surface area (TPSA) is 51.5 Å². The zero-order chi connectivity index (χ0) is 17.4. The molecule has 0 spiro atoms. The molecule has 130 valence electrons. The number of amides is 1. The normalized spacial score (nSPS) is 23.5. The molecule has 1 aromatic carbocycles. The van der Waals surface area contributed by atoms with Crippen LogP contribution in [0, 0.1) is 5.92 Å². The Hall–Kier alpha value is -2.40. The predicted molar refractivity (Wildman–Crippen MR) is 94.4 cm³/mol. The minimum Gasteiger partial charge on any atom is -0.366 e. The molecule has 25 heavy (non-hydrogen) atoms. The van der Waals surface area contributed by atoms with E-state index in [4.69, 9.17) is 4.74 Å². The summed E-state index contributed by atoms with van der Waals surface area (Å²) in [6.45, 7) is 1.16. The number of hydrogen-bond acceptors (Lipinski definition) is 3. The first-order chi connectivity index (χ1) is 12.1. The second-order valence-corrected chi connectivity index (χ2v) is 6.99. The highest BCUT2D eigenvalue weighted by molar-refractivity contribution is 5.94. The van der Waals surface area contributed by atoms with Crippen molar-refractivity contribution >= 4 is 5.91 Å². The smallest absolute Gasteiger partial charge is 0.255 e. The minimum atomic E-state index is -0.114. The van der Waals surface area contributed by atoms with Crippen LogP contribution in [0.4, 0.5) is 0 Å². The zero-order valence-electron chi connectivity index (χ0n) is 14.3. The Balaban J connectivity index is 1.59. The van der Waals surface area contributed by atoms with Gasteiger partial charge in [-0.3, -0.25) is 9.59 Å². The molecule has 0 radical (unpaired) electrons. The molecule has 1 aliphatic carbocycles.